The highest BCUT2D eigenvalue weighted by molar-refractivity contribution is 5.94. The van der Waals surface area contributed by atoms with Crippen LogP contribution in [0.25, 0.3) is 10.9 Å². The van der Waals surface area contributed by atoms with Crippen molar-refractivity contribution in [3.63, 3.8) is 0 Å². The number of ether oxygens (including phenoxy) is 2. The SMILES string of the molecule is COc1cc2c(Nc3cn[nH]n3)nc(N3CCC(F)(F)CC3)nc2cc1OCCCN1CCCC1. The van der Waals surface area contributed by atoms with E-state index in [-0.39, 0.29) is 25.9 Å². The third-order valence-corrected chi connectivity index (χ3v) is 6.48. The van der Waals surface area contributed by atoms with E-state index in [0.717, 1.165) is 26.1 Å². The van der Waals surface area contributed by atoms with Crippen LogP contribution in [0, 0.1) is 0 Å². The zero-order chi connectivity index (χ0) is 24.3. The van der Waals surface area contributed by atoms with Crippen LogP contribution in [0.1, 0.15) is 32.1 Å². The number of anilines is 3. The van der Waals surface area contributed by atoms with Gasteiger partial charge in [0.25, 0.3) is 5.92 Å². The number of hydrogen-bond donors (Lipinski definition) is 2. The van der Waals surface area contributed by atoms with E-state index in [1.807, 2.05) is 12.1 Å². The third kappa shape index (κ3) is 5.53. The lowest BCUT2D eigenvalue weighted by Gasteiger charge is -2.32. The number of H-pyrrole nitrogens is 1. The number of alkyl halides is 2. The van der Waals surface area contributed by atoms with Crippen molar-refractivity contribution in [2.45, 2.75) is 38.0 Å². The maximum atomic E-state index is 13.7. The summed E-state index contributed by atoms with van der Waals surface area (Å²) in [5, 5.41) is 14.3. The van der Waals surface area contributed by atoms with Crippen LogP contribution in [-0.2, 0) is 0 Å². The second-order valence-corrected chi connectivity index (χ2v) is 8.97. The maximum Gasteiger partial charge on any atom is 0.251 e. The first-order valence-corrected chi connectivity index (χ1v) is 12.0. The molecule has 2 aliphatic rings. The van der Waals surface area contributed by atoms with Gasteiger partial charge in [-0.1, -0.05) is 0 Å². The fraction of sp³-hybridized carbons (Fsp3) is 0.565. The Kier molecular flexibility index (Phi) is 6.80. The summed E-state index contributed by atoms with van der Waals surface area (Å²) in [6.45, 7) is 4.23. The van der Waals surface area contributed by atoms with Gasteiger partial charge in [0.2, 0.25) is 5.95 Å². The maximum absolute atomic E-state index is 13.7. The Bertz CT molecular complexity index is 1130. The van der Waals surface area contributed by atoms with E-state index >= 15 is 0 Å². The van der Waals surface area contributed by atoms with E-state index in [2.05, 4.69) is 30.6 Å². The molecule has 188 valence electrons. The largest absolute Gasteiger partial charge is 0.493 e. The Hall–Kier alpha value is -3.28. The lowest BCUT2D eigenvalue weighted by atomic mass is 10.1. The Balaban J connectivity index is 1.42. The highest BCUT2D eigenvalue weighted by Gasteiger charge is 2.35. The Labute approximate surface area is 202 Å². The fourth-order valence-electron chi connectivity index (χ4n) is 4.53. The second-order valence-electron chi connectivity index (χ2n) is 8.97. The molecular weight excluding hydrogens is 458 g/mol. The standard InChI is InChI=1S/C23H30F2N8O2/c1-34-18-13-16-17(14-19(18)35-12-4-9-32-7-2-3-8-32)27-22(33-10-5-23(24,25)6-11-33)29-21(16)28-20-15-26-31-30-20/h13-15H,2-12H2,1H3,(H2,26,27,28,29,30,31). The van der Waals surface area contributed by atoms with Crippen LogP contribution in [0.5, 0.6) is 11.5 Å². The van der Waals surface area contributed by atoms with E-state index < -0.39 is 5.92 Å². The van der Waals surface area contributed by atoms with Crippen LogP contribution in [0.3, 0.4) is 0 Å². The molecule has 2 fully saturated rings. The van der Waals surface area contributed by atoms with Gasteiger partial charge in [0.15, 0.2) is 17.3 Å². The molecule has 0 amide bonds. The minimum Gasteiger partial charge on any atom is -0.493 e. The van der Waals surface area contributed by atoms with Crippen LogP contribution in [0.15, 0.2) is 18.3 Å². The number of piperidine rings is 1. The quantitative estimate of drug-likeness (QED) is 0.437. The molecule has 0 unspecified atom stereocenters. The number of hydrogen-bond acceptors (Lipinski definition) is 9. The summed E-state index contributed by atoms with van der Waals surface area (Å²) in [5.74, 6) is -0.167. The monoisotopic (exact) mass is 488 g/mol. The van der Waals surface area contributed by atoms with Gasteiger partial charge in [-0.3, -0.25) is 0 Å². The Morgan fingerprint density at radius 2 is 1.89 bits per heavy atom. The lowest BCUT2D eigenvalue weighted by Crippen LogP contribution is -2.40. The van der Waals surface area contributed by atoms with Crippen LogP contribution in [-0.4, -0.2) is 82.6 Å². The topological polar surface area (TPSA) is 104 Å². The Morgan fingerprint density at radius 1 is 1.09 bits per heavy atom. The molecule has 4 heterocycles. The number of aromatic nitrogens is 5. The predicted octanol–water partition coefficient (Wildman–Crippen LogP) is 3.60. The summed E-state index contributed by atoms with van der Waals surface area (Å²) in [5.41, 5.74) is 0.619. The van der Waals surface area contributed by atoms with Gasteiger partial charge < -0.3 is 24.6 Å². The smallest absolute Gasteiger partial charge is 0.251 e. The molecular formula is C23H30F2N8O2. The first kappa shape index (κ1) is 23.5. The number of methoxy groups -OCH3 is 1. The van der Waals surface area contributed by atoms with Crippen molar-refractivity contribution in [2.24, 2.45) is 0 Å². The molecule has 2 aromatic heterocycles. The molecule has 35 heavy (non-hydrogen) atoms. The van der Waals surface area contributed by atoms with Gasteiger partial charge >= 0.3 is 0 Å². The number of halogens is 2. The zero-order valence-electron chi connectivity index (χ0n) is 19.8. The van der Waals surface area contributed by atoms with Crippen LogP contribution >= 0.6 is 0 Å². The van der Waals surface area contributed by atoms with Gasteiger partial charge in [-0.15, -0.1) is 5.10 Å². The van der Waals surface area contributed by atoms with Gasteiger partial charge in [-0.05, 0) is 38.4 Å². The summed E-state index contributed by atoms with van der Waals surface area (Å²) >= 11 is 0. The molecule has 0 aliphatic carbocycles. The number of likely N-dealkylation sites (tertiary alicyclic amines) is 1. The van der Waals surface area contributed by atoms with Gasteiger partial charge in [0.05, 0.1) is 25.4 Å². The van der Waals surface area contributed by atoms with Crippen molar-refractivity contribution in [3.8, 4) is 11.5 Å². The summed E-state index contributed by atoms with van der Waals surface area (Å²) < 4.78 is 39.1. The number of nitrogens with zero attached hydrogens (tertiary/aromatic N) is 6. The van der Waals surface area contributed by atoms with Crippen LogP contribution in [0.4, 0.5) is 26.4 Å². The highest BCUT2D eigenvalue weighted by atomic mass is 19.3. The van der Waals surface area contributed by atoms with Crippen molar-refractivity contribution in [1.82, 2.24) is 30.3 Å². The number of benzene rings is 1. The number of rotatable bonds is 9. The molecule has 0 spiro atoms. The first-order valence-electron chi connectivity index (χ1n) is 12.0. The minimum atomic E-state index is -2.65. The average molecular weight is 489 g/mol. The minimum absolute atomic E-state index is 0.178. The predicted molar refractivity (Wildman–Crippen MR) is 128 cm³/mol. The van der Waals surface area contributed by atoms with Crippen molar-refractivity contribution >= 4 is 28.5 Å². The van der Waals surface area contributed by atoms with E-state index in [4.69, 9.17) is 14.5 Å². The van der Waals surface area contributed by atoms with Gasteiger partial charge in [-0.2, -0.15) is 15.3 Å². The molecule has 0 atom stereocenters. The molecule has 3 aromatic rings. The summed E-state index contributed by atoms with van der Waals surface area (Å²) in [6.07, 6.45) is 4.52. The molecule has 2 saturated heterocycles. The summed E-state index contributed by atoms with van der Waals surface area (Å²) in [7, 11) is 1.59. The zero-order valence-corrected chi connectivity index (χ0v) is 19.8. The lowest BCUT2D eigenvalue weighted by molar-refractivity contribution is -0.0222. The summed E-state index contributed by atoms with van der Waals surface area (Å²) in [6, 6.07) is 3.64. The van der Waals surface area contributed by atoms with Crippen molar-refractivity contribution < 1.29 is 18.3 Å². The van der Waals surface area contributed by atoms with Gasteiger partial charge in [-0.25, -0.2) is 13.8 Å². The average Bonchev–Trinajstić information content (AvgIpc) is 3.56. The molecule has 2 aliphatic heterocycles. The summed E-state index contributed by atoms with van der Waals surface area (Å²) in [4.78, 5) is 13.6. The normalized spacial score (nSPS) is 18.2. The van der Waals surface area contributed by atoms with E-state index in [0.29, 0.717) is 46.6 Å². The molecule has 2 N–H and O–H groups in total. The molecule has 0 bridgehead atoms. The van der Waals surface area contributed by atoms with Crippen molar-refractivity contribution in [3.05, 3.63) is 18.3 Å². The molecule has 0 radical (unpaired) electrons. The number of aromatic amines is 1. The van der Waals surface area contributed by atoms with Crippen LogP contribution < -0.4 is 19.7 Å². The van der Waals surface area contributed by atoms with E-state index in [9.17, 15) is 8.78 Å². The van der Waals surface area contributed by atoms with Crippen LogP contribution in [0.2, 0.25) is 0 Å². The second kappa shape index (κ2) is 10.1. The highest BCUT2D eigenvalue weighted by Crippen LogP contribution is 2.37. The number of fused-ring (bicyclic) bond motifs is 1. The van der Waals surface area contributed by atoms with Gasteiger partial charge in [0, 0.05) is 43.9 Å². The first-order chi connectivity index (χ1) is 17.0. The van der Waals surface area contributed by atoms with Crippen molar-refractivity contribution in [1.29, 1.82) is 0 Å². The van der Waals surface area contributed by atoms with E-state index in [1.165, 1.54) is 19.0 Å². The molecule has 12 heteroatoms. The molecule has 0 saturated carbocycles. The van der Waals surface area contributed by atoms with E-state index in [1.54, 1.807) is 12.0 Å². The van der Waals surface area contributed by atoms with Gasteiger partial charge in [0.1, 0.15) is 5.82 Å². The third-order valence-electron chi connectivity index (χ3n) is 6.48. The number of nitrogens with one attached hydrogen (secondary N) is 2. The Morgan fingerprint density at radius 3 is 2.60 bits per heavy atom. The van der Waals surface area contributed by atoms with Crippen molar-refractivity contribution in [2.75, 3.05) is 56.7 Å². The molecule has 10 nitrogen and oxygen atoms in total. The fourth-order valence-corrected chi connectivity index (χ4v) is 4.53. The molecule has 5 rings (SSSR count). The molecule has 1 aromatic carbocycles.